The molecule has 142 valence electrons. The number of carbonyl (C=O) groups is 1. The van der Waals surface area contributed by atoms with Crippen LogP contribution >= 0.6 is 0 Å². The highest BCUT2D eigenvalue weighted by atomic mass is 32.2. The second kappa shape index (κ2) is 6.95. The minimum absolute atomic E-state index is 0.0472. The number of fused-ring (bicyclic) bond motifs is 1. The molecule has 3 rings (SSSR count). The Labute approximate surface area is 156 Å². The van der Waals surface area contributed by atoms with Gasteiger partial charge in [-0.1, -0.05) is 12.1 Å². The Bertz CT molecular complexity index is 1080. The first-order valence-electron chi connectivity index (χ1n) is 8.03. The van der Waals surface area contributed by atoms with Gasteiger partial charge in [-0.2, -0.15) is 5.10 Å². The molecule has 1 N–H and O–H groups in total. The van der Waals surface area contributed by atoms with E-state index in [1.54, 1.807) is 0 Å². The monoisotopic (exact) mass is 391 g/mol. The van der Waals surface area contributed by atoms with Crippen LogP contribution in [0.4, 0.5) is 15.9 Å². The van der Waals surface area contributed by atoms with E-state index < -0.39 is 28.2 Å². The average Bonchev–Trinajstić information content (AvgIpc) is 2.98. The molecule has 0 atom stereocenters. The molecule has 0 bridgehead atoms. The summed E-state index contributed by atoms with van der Waals surface area (Å²) < 4.78 is 39.8. The third-order valence-corrected chi connectivity index (χ3v) is 4.30. The van der Waals surface area contributed by atoms with Crippen molar-refractivity contribution in [2.45, 2.75) is 26.3 Å². The predicted molar refractivity (Wildman–Crippen MR) is 99.1 cm³/mol. The first-order chi connectivity index (χ1) is 12.7. The third-order valence-electron chi connectivity index (χ3n) is 3.55. The molecule has 0 spiro atoms. The zero-order chi connectivity index (χ0) is 19.8. The first-order valence-corrected chi connectivity index (χ1v) is 9.16. The number of hydrogen-bond donors (Lipinski definition) is 2. The van der Waals surface area contributed by atoms with Crippen LogP contribution in [-0.4, -0.2) is 34.5 Å². The normalized spacial score (nSPS) is 11.7. The molecule has 0 aliphatic rings. The van der Waals surface area contributed by atoms with Crippen LogP contribution in [0.15, 0.2) is 42.7 Å². The summed E-state index contributed by atoms with van der Waals surface area (Å²) >= 11 is 0. The molecule has 0 aliphatic heterocycles. The van der Waals surface area contributed by atoms with Crippen molar-refractivity contribution in [3.05, 3.63) is 54.1 Å². The molecule has 0 unspecified atom stereocenters. The zero-order valence-electron chi connectivity index (χ0n) is 14.9. The lowest BCUT2D eigenvalue weighted by Gasteiger charge is -2.20. The van der Waals surface area contributed by atoms with Crippen molar-refractivity contribution in [3.8, 4) is 0 Å². The van der Waals surface area contributed by atoms with E-state index in [4.69, 9.17) is 0 Å². The summed E-state index contributed by atoms with van der Waals surface area (Å²) in [7, 11) is -3.22. The Morgan fingerprint density at radius 1 is 1.22 bits per heavy atom. The molecule has 3 aromatic rings. The van der Waals surface area contributed by atoms with Crippen molar-refractivity contribution in [2.24, 2.45) is 0 Å². The molecule has 1 amide bonds. The zero-order valence-corrected chi connectivity index (χ0v) is 15.8. The van der Waals surface area contributed by atoms with E-state index in [-0.39, 0.29) is 22.7 Å². The molecule has 0 saturated heterocycles. The first kappa shape index (κ1) is 18.8. The van der Waals surface area contributed by atoms with E-state index in [2.05, 4.69) is 15.4 Å². The van der Waals surface area contributed by atoms with Gasteiger partial charge in [0.15, 0.2) is 11.5 Å². The summed E-state index contributed by atoms with van der Waals surface area (Å²) in [6, 6.07) is 6.83. The van der Waals surface area contributed by atoms with E-state index in [1.165, 1.54) is 41.2 Å². The van der Waals surface area contributed by atoms with Gasteiger partial charge in [0.25, 0.3) is 5.91 Å². The Hall–Kier alpha value is -3.01. The van der Waals surface area contributed by atoms with Crippen LogP contribution in [0.3, 0.4) is 0 Å². The van der Waals surface area contributed by atoms with E-state index in [9.17, 15) is 17.6 Å². The molecule has 27 heavy (non-hydrogen) atoms. The van der Waals surface area contributed by atoms with Crippen molar-refractivity contribution in [3.63, 3.8) is 0 Å². The Morgan fingerprint density at radius 2 is 1.93 bits per heavy atom. The highest BCUT2D eigenvalue weighted by Crippen LogP contribution is 2.27. The molecule has 1 aromatic carbocycles. The maximum absolute atomic E-state index is 14.1. The number of amides is 1. The highest BCUT2D eigenvalue weighted by Gasteiger charge is 2.22. The lowest BCUT2D eigenvalue weighted by atomic mass is 10.1. The summed E-state index contributed by atoms with van der Waals surface area (Å²) in [4.78, 5) is 16.7. The average molecular weight is 391 g/mol. The van der Waals surface area contributed by atoms with Crippen molar-refractivity contribution >= 4 is 33.9 Å². The van der Waals surface area contributed by atoms with Gasteiger partial charge in [0.05, 0.1) is 11.9 Å². The fourth-order valence-electron chi connectivity index (χ4n) is 2.46. The molecule has 0 fully saturated rings. The topological polar surface area (TPSA) is 96.7 Å². The van der Waals surface area contributed by atoms with Gasteiger partial charge in [-0.05, 0) is 32.9 Å². The van der Waals surface area contributed by atoms with Gasteiger partial charge in [-0.15, -0.1) is 0 Å². The van der Waals surface area contributed by atoms with Crippen LogP contribution in [0.2, 0.25) is 0 Å². The lowest BCUT2D eigenvalue weighted by molar-refractivity contribution is 0.0921. The number of aromatic nitrogens is 3. The number of para-hydroxylation sites is 1. The number of thiol groups is 1. The SMILES string of the molecule is CC(C)(C)NC(=O)c1cnn2ccc(N(c3ccccc3F)[SH](=O)=O)nc12. The van der Waals surface area contributed by atoms with Gasteiger partial charge in [0, 0.05) is 17.8 Å². The van der Waals surface area contributed by atoms with E-state index >= 15 is 0 Å². The second-order valence-electron chi connectivity index (χ2n) is 6.82. The number of carbonyl (C=O) groups excluding carboxylic acids is 1. The van der Waals surface area contributed by atoms with Gasteiger partial charge < -0.3 is 5.32 Å². The minimum atomic E-state index is -3.22. The summed E-state index contributed by atoms with van der Waals surface area (Å²) in [5.41, 5.74) is -0.292. The number of benzene rings is 1. The van der Waals surface area contributed by atoms with Crippen LogP contribution < -0.4 is 9.62 Å². The smallest absolute Gasteiger partial charge is 0.257 e. The van der Waals surface area contributed by atoms with Crippen LogP contribution in [0, 0.1) is 5.82 Å². The Morgan fingerprint density at radius 3 is 2.56 bits per heavy atom. The van der Waals surface area contributed by atoms with Crippen LogP contribution in [0.1, 0.15) is 31.1 Å². The molecule has 8 nitrogen and oxygen atoms in total. The van der Waals surface area contributed by atoms with Gasteiger partial charge >= 0.3 is 0 Å². The number of rotatable bonds is 4. The summed E-state index contributed by atoms with van der Waals surface area (Å²) in [6.45, 7) is 5.49. The van der Waals surface area contributed by atoms with Gasteiger partial charge in [0.1, 0.15) is 11.4 Å². The fraction of sp³-hybridized carbons (Fsp3) is 0.235. The van der Waals surface area contributed by atoms with Gasteiger partial charge in [-0.25, -0.2) is 26.6 Å². The second-order valence-corrected chi connectivity index (χ2v) is 7.69. The summed E-state index contributed by atoms with van der Waals surface area (Å²) in [5, 5.41) is 6.86. The van der Waals surface area contributed by atoms with Crippen molar-refractivity contribution in [1.29, 1.82) is 0 Å². The Balaban J connectivity index is 2.11. The molecular formula is C17H18FN5O3S. The predicted octanol–water partition coefficient (Wildman–Crippen LogP) is 2.06. The van der Waals surface area contributed by atoms with Crippen molar-refractivity contribution < 1.29 is 17.6 Å². The number of hydrogen-bond acceptors (Lipinski definition) is 5. The quantitative estimate of drug-likeness (QED) is 0.664. The number of halogens is 1. The maximum Gasteiger partial charge on any atom is 0.257 e. The molecule has 0 radical (unpaired) electrons. The van der Waals surface area contributed by atoms with Crippen LogP contribution in [-0.2, 0) is 10.9 Å². The molecule has 0 aliphatic carbocycles. The van der Waals surface area contributed by atoms with Crippen molar-refractivity contribution in [1.82, 2.24) is 19.9 Å². The summed E-state index contributed by atoms with van der Waals surface area (Å²) in [6.07, 6.45) is 2.80. The molecule has 0 saturated carbocycles. The van der Waals surface area contributed by atoms with Gasteiger partial charge in [0.2, 0.25) is 10.9 Å². The highest BCUT2D eigenvalue weighted by molar-refractivity contribution is 7.74. The van der Waals surface area contributed by atoms with Crippen LogP contribution in [0.25, 0.3) is 5.65 Å². The van der Waals surface area contributed by atoms with E-state index in [0.29, 0.717) is 0 Å². The van der Waals surface area contributed by atoms with Gasteiger partial charge in [-0.3, -0.25) is 4.79 Å². The van der Waals surface area contributed by atoms with Crippen molar-refractivity contribution in [2.75, 3.05) is 4.31 Å². The standard InChI is InChI=1S/C17H18FN5O3S/c1-17(2,3)21-16(24)11-10-19-22-9-8-14(20-15(11)22)23(27(25)26)13-7-5-4-6-12(13)18/h4-10,27H,1-3H3,(H,21,24). The largest absolute Gasteiger partial charge is 0.347 e. The van der Waals surface area contributed by atoms with E-state index in [1.807, 2.05) is 20.8 Å². The minimum Gasteiger partial charge on any atom is -0.347 e. The summed E-state index contributed by atoms with van der Waals surface area (Å²) in [5.74, 6) is -1.15. The number of nitrogens with zero attached hydrogens (tertiary/aromatic N) is 4. The Kier molecular flexibility index (Phi) is 4.83. The maximum atomic E-state index is 14.1. The number of anilines is 2. The molecule has 2 heterocycles. The lowest BCUT2D eigenvalue weighted by Crippen LogP contribution is -2.40. The third kappa shape index (κ3) is 3.90. The molecular weight excluding hydrogens is 373 g/mol. The fourth-order valence-corrected chi connectivity index (χ4v) is 3.08. The van der Waals surface area contributed by atoms with E-state index in [0.717, 1.165) is 10.4 Å². The molecule has 10 heteroatoms. The molecule has 2 aromatic heterocycles. The van der Waals surface area contributed by atoms with Crippen LogP contribution in [0.5, 0.6) is 0 Å². The number of nitrogens with one attached hydrogen (secondary N) is 1.